The normalized spacial score (nSPS) is 11.2. The molecule has 1 aromatic carbocycles. The summed E-state index contributed by atoms with van der Waals surface area (Å²) in [6, 6.07) is 3.81. The summed E-state index contributed by atoms with van der Waals surface area (Å²) in [6.45, 7) is 2.14. The number of hydrogen-bond donors (Lipinski definition) is 2. The number of aromatic amines is 1. The van der Waals surface area contributed by atoms with Crippen LogP contribution in [0.15, 0.2) is 24.5 Å². The predicted molar refractivity (Wildman–Crippen MR) is 83.8 cm³/mol. The van der Waals surface area contributed by atoms with E-state index in [0.717, 1.165) is 35.9 Å². The molecule has 0 saturated carbocycles. The largest absolute Gasteiger partial charge is 0.478 e. The molecule has 0 unspecified atom stereocenters. The van der Waals surface area contributed by atoms with Crippen LogP contribution in [0, 0.1) is 0 Å². The van der Waals surface area contributed by atoms with E-state index in [0.29, 0.717) is 11.0 Å². The van der Waals surface area contributed by atoms with Crippen LogP contribution < -0.4 is 0 Å². The number of aromatic nitrogens is 4. The molecule has 6 nitrogen and oxygen atoms in total. The summed E-state index contributed by atoms with van der Waals surface area (Å²) < 4.78 is 1.41. The lowest BCUT2D eigenvalue weighted by Gasteiger charge is -2.02. The summed E-state index contributed by atoms with van der Waals surface area (Å²) in [5, 5.41) is 13.6. The molecule has 3 rings (SSSR count). The van der Waals surface area contributed by atoms with E-state index < -0.39 is 5.97 Å². The van der Waals surface area contributed by atoms with Gasteiger partial charge in [-0.1, -0.05) is 24.9 Å². The Labute approximate surface area is 131 Å². The lowest BCUT2D eigenvalue weighted by atomic mass is 10.1. The maximum Gasteiger partial charge on any atom is 0.338 e. The molecule has 114 valence electrons. The molecule has 0 amide bonds. The number of hydrogen-bond acceptors (Lipinski definition) is 3. The van der Waals surface area contributed by atoms with E-state index in [1.807, 2.05) is 12.1 Å². The number of H-pyrrole nitrogens is 1. The van der Waals surface area contributed by atoms with Crippen molar-refractivity contribution in [3.05, 3.63) is 40.7 Å². The number of nitrogens with one attached hydrogen (secondary N) is 1. The molecular weight excluding hydrogens is 304 g/mol. The molecule has 0 aliphatic carbocycles. The zero-order valence-corrected chi connectivity index (χ0v) is 12.8. The molecule has 22 heavy (non-hydrogen) atoms. The highest BCUT2D eigenvalue weighted by Gasteiger charge is 2.12. The molecule has 3 aromatic rings. The number of imidazole rings is 1. The average molecular weight is 319 g/mol. The number of carboxylic acids is 1. The number of carbonyl (C=O) groups is 1. The standard InChI is InChI=1S/C15H15ClN4O2/c1-2-3-4-9-5-12-13(6-11(9)16)19-15(18-12)20-8-10(7-17-20)14(21)22/h5-8H,2-4H2,1H3,(H,18,19)(H,21,22). The zero-order valence-electron chi connectivity index (χ0n) is 12.0. The molecule has 0 aliphatic heterocycles. The molecule has 0 radical (unpaired) electrons. The fraction of sp³-hybridized carbons (Fsp3) is 0.267. The first-order valence-corrected chi connectivity index (χ1v) is 7.42. The van der Waals surface area contributed by atoms with Crippen molar-refractivity contribution in [2.75, 3.05) is 0 Å². The van der Waals surface area contributed by atoms with Crippen molar-refractivity contribution in [1.82, 2.24) is 19.7 Å². The summed E-state index contributed by atoms with van der Waals surface area (Å²) in [4.78, 5) is 18.5. The van der Waals surface area contributed by atoms with E-state index in [4.69, 9.17) is 16.7 Å². The first-order valence-electron chi connectivity index (χ1n) is 7.05. The van der Waals surface area contributed by atoms with E-state index in [-0.39, 0.29) is 5.56 Å². The lowest BCUT2D eigenvalue weighted by molar-refractivity contribution is 0.0697. The Morgan fingerprint density at radius 2 is 2.27 bits per heavy atom. The van der Waals surface area contributed by atoms with Crippen LogP contribution in [0.5, 0.6) is 0 Å². The Bertz CT molecular complexity index is 837. The number of halogens is 1. The molecule has 2 aromatic heterocycles. The van der Waals surface area contributed by atoms with E-state index in [2.05, 4.69) is 22.0 Å². The van der Waals surface area contributed by atoms with Crippen LogP contribution in [0.2, 0.25) is 5.02 Å². The molecule has 0 atom stereocenters. The van der Waals surface area contributed by atoms with Crippen LogP contribution >= 0.6 is 11.6 Å². The fourth-order valence-electron chi connectivity index (χ4n) is 2.28. The van der Waals surface area contributed by atoms with Crippen molar-refractivity contribution in [3.63, 3.8) is 0 Å². The molecule has 0 saturated heterocycles. The van der Waals surface area contributed by atoms with E-state index >= 15 is 0 Å². The van der Waals surface area contributed by atoms with Gasteiger partial charge in [-0.15, -0.1) is 0 Å². The second-order valence-corrected chi connectivity index (χ2v) is 5.51. The van der Waals surface area contributed by atoms with E-state index in [9.17, 15) is 4.79 Å². The van der Waals surface area contributed by atoms with Crippen LogP contribution in [0.25, 0.3) is 17.0 Å². The third-order valence-corrected chi connectivity index (χ3v) is 3.84. The molecular formula is C15H15ClN4O2. The number of benzene rings is 1. The number of fused-ring (bicyclic) bond motifs is 1. The number of unbranched alkanes of at least 4 members (excludes halogenated alkanes) is 1. The van der Waals surface area contributed by atoms with Crippen molar-refractivity contribution < 1.29 is 9.90 Å². The summed E-state index contributed by atoms with van der Waals surface area (Å²) in [5.41, 5.74) is 2.78. The van der Waals surface area contributed by atoms with Gasteiger partial charge >= 0.3 is 5.97 Å². The molecule has 2 heterocycles. The highest BCUT2D eigenvalue weighted by Crippen LogP contribution is 2.25. The van der Waals surface area contributed by atoms with Gasteiger partial charge in [-0.05, 0) is 30.5 Å². The van der Waals surface area contributed by atoms with Crippen molar-refractivity contribution in [1.29, 1.82) is 0 Å². The lowest BCUT2D eigenvalue weighted by Crippen LogP contribution is -1.97. The number of aromatic carboxylic acids is 1. The molecule has 0 fully saturated rings. The smallest absolute Gasteiger partial charge is 0.338 e. The first kappa shape index (κ1) is 14.6. The number of rotatable bonds is 5. The van der Waals surface area contributed by atoms with Crippen LogP contribution in [0.1, 0.15) is 35.7 Å². The van der Waals surface area contributed by atoms with E-state index in [1.165, 1.54) is 17.1 Å². The van der Waals surface area contributed by atoms with Gasteiger partial charge in [-0.2, -0.15) is 5.10 Å². The van der Waals surface area contributed by atoms with Gasteiger partial charge in [0.05, 0.1) is 22.8 Å². The zero-order chi connectivity index (χ0) is 15.7. The number of carboxylic acid groups (broad SMARTS) is 1. The second-order valence-electron chi connectivity index (χ2n) is 5.10. The van der Waals surface area contributed by atoms with Crippen molar-refractivity contribution in [3.8, 4) is 5.95 Å². The Hall–Kier alpha value is -2.34. The highest BCUT2D eigenvalue weighted by atomic mass is 35.5. The Morgan fingerprint density at radius 1 is 1.45 bits per heavy atom. The highest BCUT2D eigenvalue weighted by molar-refractivity contribution is 6.32. The molecule has 2 N–H and O–H groups in total. The van der Waals surface area contributed by atoms with Gasteiger partial charge in [-0.3, -0.25) is 0 Å². The van der Waals surface area contributed by atoms with Gasteiger partial charge in [0.15, 0.2) is 0 Å². The average Bonchev–Trinajstić information content (AvgIpc) is 3.10. The predicted octanol–water partition coefficient (Wildman–Crippen LogP) is 3.44. The SMILES string of the molecule is CCCCc1cc2[nH]c(-n3cc(C(=O)O)cn3)nc2cc1Cl. The Kier molecular flexibility index (Phi) is 3.85. The minimum Gasteiger partial charge on any atom is -0.478 e. The van der Waals surface area contributed by atoms with Gasteiger partial charge in [0.2, 0.25) is 5.95 Å². The van der Waals surface area contributed by atoms with Crippen LogP contribution in [0.3, 0.4) is 0 Å². The molecule has 7 heteroatoms. The maximum absolute atomic E-state index is 10.9. The quantitative estimate of drug-likeness (QED) is 0.754. The number of nitrogens with zero attached hydrogens (tertiary/aromatic N) is 3. The van der Waals surface area contributed by atoms with E-state index in [1.54, 1.807) is 0 Å². The second kappa shape index (κ2) is 5.81. The van der Waals surface area contributed by atoms with Gasteiger partial charge in [0.25, 0.3) is 0 Å². The van der Waals surface area contributed by atoms with Crippen molar-refractivity contribution >= 4 is 28.6 Å². The summed E-state index contributed by atoms with van der Waals surface area (Å²) >= 11 is 6.29. The van der Waals surface area contributed by atoms with Gasteiger partial charge < -0.3 is 10.1 Å². The van der Waals surface area contributed by atoms with Gasteiger partial charge in [0, 0.05) is 11.2 Å². The van der Waals surface area contributed by atoms with Crippen molar-refractivity contribution in [2.45, 2.75) is 26.2 Å². The maximum atomic E-state index is 10.9. The minimum atomic E-state index is -1.02. The summed E-state index contributed by atoms with van der Waals surface area (Å²) in [7, 11) is 0. The van der Waals surface area contributed by atoms with Gasteiger partial charge in [0.1, 0.15) is 0 Å². The topological polar surface area (TPSA) is 83.8 Å². The fourth-order valence-corrected chi connectivity index (χ4v) is 2.53. The van der Waals surface area contributed by atoms with Crippen LogP contribution in [-0.2, 0) is 6.42 Å². The number of aryl methyl sites for hydroxylation is 1. The monoisotopic (exact) mass is 318 g/mol. The Balaban J connectivity index is 1.99. The summed E-state index contributed by atoms with van der Waals surface area (Å²) in [5.74, 6) is -0.557. The van der Waals surface area contributed by atoms with Crippen LogP contribution in [-0.4, -0.2) is 30.8 Å². The van der Waals surface area contributed by atoms with Crippen molar-refractivity contribution in [2.24, 2.45) is 0 Å². The first-order chi connectivity index (χ1) is 10.6. The Morgan fingerprint density at radius 3 is 2.95 bits per heavy atom. The summed E-state index contributed by atoms with van der Waals surface area (Å²) in [6.07, 6.45) is 5.81. The third-order valence-electron chi connectivity index (χ3n) is 3.48. The van der Waals surface area contributed by atoms with Gasteiger partial charge in [-0.25, -0.2) is 14.5 Å². The molecule has 0 aliphatic rings. The molecule has 0 spiro atoms. The third kappa shape index (κ3) is 2.69. The molecule has 0 bridgehead atoms. The van der Waals surface area contributed by atoms with Crippen LogP contribution in [0.4, 0.5) is 0 Å². The minimum absolute atomic E-state index is 0.113.